The number of nitrogens with zero attached hydrogens (tertiary/aromatic N) is 1. The summed E-state index contributed by atoms with van der Waals surface area (Å²) in [7, 11) is 0. The number of hydrogen-bond donors (Lipinski definition) is 1. The van der Waals surface area contributed by atoms with Crippen LogP contribution in [0.25, 0.3) is 0 Å². The quantitative estimate of drug-likeness (QED) is 0.911. The van der Waals surface area contributed by atoms with Crippen molar-refractivity contribution in [1.82, 2.24) is 10.2 Å². The number of carbonyl (C=O) groups excluding carboxylic acids is 1. The van der Waals surface area contributed by atoms with Crippen LogP contribution < -0.4 is 5.32 Å². The van der Waals surface area contributed by atoms with E-state index in [4.69, 9.17) is 0 Å². The van der Waals surface area contributed by atoms with Crippen molar-refractivity contribution < 1.29 is 9.18 Å². The van der Waals surface area contributed by atoms with E-state index < -0.39 is 5.41 Å². The SMILES string of the molecule is CC(C)(C(=O)N1CCC2(CCNC2)CC1)c1cccc(F)c1. The fourth-order valence-electron chi connectivity index (χ4n) is 3.80. The smallest absolute Gasteiger partial charge is 0.232 e. The minimum absolute atomic E-state index is 0.110. The van der Waals surface area contributed by atoms with Crippen LogP contribution in [0.15, 0.2) is 24.3 Å². The van der Waals surface area contributed by atoms with Crippen LogP contribution in [0.1, 0.15) is 38.7 Å². The number of likely N-dealkylation sites (tertiary alicyclic amines) is 1. The maximum absolute atomic E-state index is 13.5. The summed E-state index contributed by atoms with van der Waals surface area (Å²) in [5.41, 5.74) is 0.473. The number of nitrogens with one attached hydrogen (secondary N) is 1. The Labute approximate surface area is 131 Å². The summed E-state index contributed by atoms with van der Waals surface area (Å²) in [4.78, 5) is 14.9. The molecule has 0 unspecified atom stereocenters. The van der Waals surface area contributed by atoms with Gasteiger partial charge in [0.15, 0.2) is 0 Å². The zero-order valence-corrected chi connectivity index (χ0v) is 13.5. The summed E-state index contributed by atoms with van der Waals surface area (Å²) >= 11 is 0. The molecule has 2 fully saturated rings. The number of carbonyl (C=O) groups is 1. The van der Waals surface area contributed by atoms with Crippen LogP contribution in [0.2, 0.25) is 0 Å². The Kier molecular flexibility index (Phi) is 3.98. The zero-order chi connectivity index (χ0) is 15.8. The molecular weight excluding hydrogens is 279 g/mol. The number of halogens is 1. The van der Waals surface area contributed by atoms with Gasteiger partial charge in [-0.05, 0) is 62.8 Å². The lowest BCUT2D eigenvalue weighted by Crippen LogP contribution is -2.49. The van der Waals surface area contributed by atoms with Gasteiger partial charge in [-0.25, -0.2) is 4.39 Å². The van der Waals surface area contributed by atoms with Crippen LogP contribution in [0.4, 0.5) is 4.39 Å². The van der Waals surface area contributed by atoms with Crippen molar-refractivity contribution >= 4 is 5.91 Å². The van der Waals surface area contributed by atoms with Crippen molar-refractivity contribution in [3.8, 4) is 0 Å². The van der Waals surface area contributed by atoms with Crippen LogP contribution in [0.3, 0.4) is 0 Å². The van der Waals surface area contributed by atoms with Gasteiger partial charge >= 0.3 is 0 Å². The summed E-state index contributed by atoms with van der Waals surface area (Å²) in [5, 5.41) is 3.44. The van der Waals surface area contributed by atoms with E-state index in [9.17, 15) is 9.18 Å². The van der Waals surface area contributed by atoms with Gasteiger partial charge in [-0.1, -0.05) is 12.1 Å². The Morgan fingerprint density at radius 2 is 2.00 bits per heavy atom. The molecule has 1 aromatic rings. The summed E-state index contributed by atoms with van der Waals surface area (Å²) in [6.45, 7) is 7.61. The van der Waals surface area contributed by atoms with E-state index in [0.29, 0.717) is 5.41 Å². The van der Waals surface area contributed by atoms with E-state index in [-0.39, 0.29) is 11.7 Å². The number of amides is 1. The number of rotatable bonds is 2. The van der Waals surface area contributed by atoms with Gasteiger partial charge < -0.3 is 10.2 Å². The normalized spacial score (nSPS) is 21.3. The molecule has 1 amide bonds. The van der Waals surface area contributed by atoms with E-state index in [2.05, 4.69) is 5.32 Å². The molecule has 2 aliphatic rings. The highest BCUT2D eigenvalue weighted by Crippen LogP contribution is 2.38. The van der Waals surface area contributed by atoms with Crippen LogP contribution in [-0.4, -0.2) is 37.0 Å². The van der Waals surface area contributed by atoms with Gasteiger partial charge in [0.05, 0.1) is 5.41 Å². The highest BCUT2D eigenvalue weighted by molar-refractivity contribution is 5.87. The van der Waals surface area contributed by atoms with E-state index in [1.54, 1.807) is 6.07 Å². The zero-order valence-electron chi connectivity index (χ0n) is 13.5. The maximum Gasteiger partial charge on any atom is 0.232 e. The van der Waals surface area contributed by atoms with Gasteiger partial charge in [-0.3, -0.25) is 4.79 Å². The molecule has 1 N–H and O–H groups in total. The first kappa shape index (κ1) is 15.5. The third kappa shape index (κ3) is 2.76. The summed E-state index contributed by atoms with van der Waals surface area (Å²) in [6, 6.07) is 6.41. The molecule has 2 saturated heterocycles. The molecule has 120 valence electrons. The van der Waals surface area contributed by atoms with E-state index in [1.165, 1.54) is 18.6 Å². The molecule has 3 nitrogen and oxygen atoms in total. The summed E-state index contributed by atoms with van der Waals surface area (Å²) in [5.74, 6) is -0.174. The highest BCUT2D eigenvalue weighted by Gasteiger charge is 2.41. The molecule has 0 bridgehead atoms. The number of piperidine rings is 1. The predicted molar refractivity (Wildman–Crippen MR) is 85.2 cm³/mol. The molecule has 0 atom stereocenters. The third-order valence-corrected chi connectivity index (χ3v) is 5.52. The Balaban J connectivity index is 1.71. The average Bonchev–Trinajstić information content (AvgIpc) is 2.95. The monoisotopic (exact) mass is 304 g/mol. The van der Waals surface area contributed by atoms with Crippen LogP contribution in [-0.2, 0) is 10.2 Å². The molecule has 2 aliphatic heterocycles. The lowest BCUT2D eigenvalue weighted by molar-refractivity contribution is -0.138. The molecule has 1 spiro atoms. The van der Waals surface area contributed by atoms with Gasteiger partial charge in [0.2, 0.25) is 5.91 Å². The minimum Gasteiger partial charge on any atom is -0.342 e. The standard InChI is InChI=1S/C18H25FN2O/c1-17(2,14-4-3-5-15(19)12-14)16(22)21-10-7-18(8-11-21)6-9-20-13-18/h3-5,12,20H,6-11,13H2,1-2H3. The Morgan fingerprint density at radius 1 is 1.27 bits per heavy atom. The van der Waals surface area contributed by atoms with Crippen LogP contribution in [0.5, 0.6) is 0 Å². The molecule has 3 rings (SSSR count). The third-order valence-electron chi connectivity index (χ3n) is 5.52. The molecule has 1 aromatic carbocycles. The van der Waals surface area contributed by atoms with Crippen molar-refractivity contribution in [2.45, 2.75) is 38.5 Å². The van der Waals surface area contributed by atoms with Crippen molar-refractivity contribution in [1.29, 1.82) is 0 Å². The molecule has 0 aromatic heterocycles. The Hall–Kier alpha value is -1.42. The molecule has 0 aliphatic carbocycles. The van der Waals surface area contributed by atoms with Crippen molar-refractivity contribution in [3.05, 3.63) is 35.6 Å². The van der Waals surface area contributed by atoms with Crippen LogP contribution >= 0.6 is 0 Å². The van der Waals surface area contributed by atoms with Gasteiger partial charge in [0, 0.05) is 19.6 Å². The maximum atomic E-state index is 13.5. The van der Waals surface area contributed by atoms with Gasteiger partial charge in [0.1, 0.15) is 5.82 Å². The van der Waals surface area contributed by atoms with E-state index >= 15 is 0 Å². The molecule has 4 heteroatoms. The molecule has 22 heavy (non-hydrogen) atoms. The lowest BCUT2D eigenvalue weighted by Gasteiger charge is -2.41. The number of benzene rings is 1. The first-order chi connectivity index (χ1) is 10.4. The second-order valence-corrected chi connectivity index (χ2v) is 7.35. The van der Waals surface area contributed by atoms with Crippen LogP contribution in [0, 0.1) is 11.2 Å². The van der Waals surface area contributed by atoms with Gasteiger partial charge in [-0.15, -0.1) is 0 Å². The molecule has 2 heterocycles. The fraction of sp³-hybridized carbons (Fsp3) is 0.611. The fourth-order valence-corrected chi connectivity index (χ4v) is 3.80. The molecule has 0 radical (unpaired) electrons. The Bertz CT molecular complexity index is 554. The Morgan fingerprint density at radius 3 is 2.59 bits per heavy atom. The molecular formula is C18H25FN2O. The first-order valence-corrected chi connectivity index (χ1v) is 8.19. The van der Waals surface area contributed by atoms with Crippen molar-refractivity contribution in [3.63, 3.8) is 0 Å². The first-order valence-electron chi connectivity index (χ1n) is 8.19. The van der Waals surface area contributed by atoms with Gasteiger partial charge in [-0.2, -0.15) is 0 Å². The average molecular weight is 304 g/mol. The second kappa shape index (κ2) is 5.65. The summed E-state index contributed by atoms with van der Waals surface area (Å²) < 4.78 is 13.5. The predicted octanol–water partition coefficient (Wildman–Crippen LogP) is 2.71. The van der Waals surface area contributed by atoms with Crippen molar-refractivity contribution in [2.24, 2.45) is 5.41 Å². The minimum atomic E-state index is -0.680. The molecule has 0 saturated carbocycles. The summed E-state index contributed by atoms with van der Waals surface area (Å²) in [6.07, 6.45) is 3.37. The van der Waals surface area contributed by atoms with Crippen molar-refractivity contribution in [2.75, 3.05) is 26.2 Å². The van der Waals surface area contributed by atoms with E-state index in [1.807, 2.05) is 24.8 Å². The van der Waals surface area contributed by atoms with Gasteiger partial charge in [0.25, 0.3) is 0 Å². The number of hydrogen-bond acceptors (Lipinski definition) is 2. The van der Waals surface area contributed by atoms with E-state index in [0.717, 1.165) is 44.6 Å². The largest absolute Gasteiger partial charge is 0.342 e. The topological polar surface area (TPSA) is 32.3 Å². The second-order valence-electron chi connectivity index (χ2n) is 7.35. The highest BCUT2D eigenvalue weighted by atomic mass is 19.1. The lowest BCUT2D eigenvalue weighted by atomic mass is 9.76.